The van der Waals surface area contributed by atoms with Crippen molar-refractivity contribution in [2.75, 3.05) is 25.0 Å². The summed E-state index contributed by atoms with van der Waals surface area (Å²) in [7, 11) is 0. The Hall–Kier alpha value is -2.41. The predicted molar refractivity (Wildman–Crippen MR) is 101 cm³/mol. The van der Waals surface area contributed by atoms with Gasteiger partial charge in [0.1, 0.15) is 5.75 Å². The molecule has 1 aliphatic heterocycles. The molecule has 138 valence electrons. The number of para-hydroxylation sites is 1. The van der Waals surface area contributed by atoms with Crippen LogP contribution < -0.4 is 10.1 Å². The number of carbonyl (C=O) groups excluding carboxylic acids is 2. The maximum atomic E-state index is 12.3. The van der Waals surface area contributed by atoms with Crippen LogP contribution in [-0.4, -0.2) is 41.4 Å². The van der Waals surface area contributed by atoms with Crippen LogP contribution in [0.5, 0.6) is 5.75 Å². The van der Waals surface area contributed by atoms with Gasteiger partial charge in [0.25, 0.3) is 0 Å². The summed E-state index contributed by atoms with van der Waals surface area (Å²) in [4.78, 5) is 30.7. The summed E-state index contributed by atoms with van der Waals surface area (Å²) in [5, 5.41) is 5.43. The molecule has 1 aliphatic rings. The fraction of sp³-hybridized carbons (Fsp3) is 0.421. The van der Waals surface area contributed by atoms with E-state index in [9.17, 15) is 9.59 Å². The molecule has 2 amide bonds. The highest BCUT2D eigenvalue weighted by Gasteiger charge is 2.27. The molecule has 0 saturated carbocycles. The number of aromatic nitrogens is 1. The SMILES string of the molecule is Cc1csc(NC(=O)C2CCN(C(=O)CCOc3ccccc3)CC2)n1. The molecular formula is C19H23N3O3S. The first-order chi connectivity index (χ1) is 12.6. The van der Waals surface area contributed by atoms with Gasteiger partial charge in [-0.3, -0.25) is 9.59 Å². The van der Waals surface area contributed by atoms with Crippen LogP contribution in [0.1, 0.15) is 25.0 Å². The van der Waals surface area contributed by atoms with Crippen molar-refractivity contribution in [3.05, 3.63) is 41.4 Å². The molecule has 6 nitrogen and oxygen atoms in total. The van der Waals surface area contributed by atoms with Crippen LogP contribution >= 0.6 is 11.3 Å². The number of anilines is 1. The molecular weight excluding hydrogens is 350 g/mol. The third kappa shape index (κ3) is 5.05. The number of nitrogens with zero attached hydrogens (tertiary/aromatic N) is 2. The number of benzene rings is 1. The van der Waals surface area contributed by atoms with Crippen LogP contribution in [0.2, 0.25) is 0 Å². The molecule has 0 spiro atoms. The second-order valence-electron chi connectivity index (χ2n) is 6.35. The maximum absolute atomic E-state index is 12.3. The highest BCUT2D eigenvalue weighted by molar-refractivity contribution is 7.13. The van der Waals surface area contributed by atoms with Crippen molar-refractivity contribution in [2.45, 2.75) is 26.2 Å². The summed E-state index contributed by atoms with van der Waals surface area (Å²) < 4.78 is 5.58. The molecule has 0 atom stereocenters. The number of aryl methyl sites for hydroxylation is 1. The summed E-state index contributed by atoms with van der Waals surface area (Å²) in [6.07, 6.45) is 1.72. The lowest BCUT2D eigenvalue weighted by molar-refractivity contribution is -0.135. The molecule has 2 aromatic rings. The van der Waals surface area contributed by atoms with E-state index in [1.165, 1.54) is 11.3 Å². The number of ether oxygens (including phenoxy) is 1. The van der Waals surface area contributed by atoms with Crippen LogP contribution in [0.3, 0.4) is 0 Å². The van der Waals surface area contributed by atoms with Crippen molar-refractivity contribution >= 4 is 28.3 Å². The van der Waals surface area contributed by atoms with Crippen LogP contribution in [0.25, 0.3) is 0 Å². The van der Waals surface area contributed by atoms with Gasteiger partial charge in [-0.05, 0) is 31.9 Å². The summed E-state index contributed by atoms with van der Waals surface area (Å²) in [6.45, 7) is 3.49. The lowest BCUT2D eigenvalue weighted by atomic mass is 9.96. The molecule has 0 bridgehead atoms. The zero-order valence-electron chi connectivity index (χ0n) is 14.8. The van der Waals surface area contributed by atoms with E-state index >= 15 is 0 Å². The van der Waals surface area contributed by atoms with Gasteiger partial charge in [0, 0.05) is 24.4 Å². The molecule has 1 saturated heterocycles. The highest BCUT2D eigenvalue weighted by Crippen LogP contribution is 2.21. The van der Waals surface area contributed by atoms with E-state index in [2.05, 4.69) is 10.3 Å². The Morgan fingerprint density at radius 2 is 2.00 bits per heavy atom. The average molecular weight is 373 g/mol. The number of hydrogen-bond acceptors (Lipinski definition) is 5. The number of amides is 2. The molecule has 1 fully saturated rings. The fourth-order valence-corrected chi connectivity index (χ4v) is 3.63. The third-order valence-corrected chi connectivity index (χ3v) is 5.27. The Bertz CT molecular complexity index is 739. The largest absolute Gasteiger partial charge is 0.493 e. The van der Waals surface area contributed by atoms with Crippen molar-refractivity contribution in [2.24, 2.45) is 5.92 Å². The minimum atomic E-state index is -0.0659. The summed E-state index contributed by atoms with van der Waals surface area (Å²) in [5.41, 5.74) is 0.906. The highest BCUT2D eigenvalue weighted by atomic mass is 32.1. The van der Waals surface area contributed by atoms with E-state index in [1.54, 1.807) is 0 Å². The molecule has 0 radical (unpaired) electrons. The van der Waals surface area contributed by atoms with Gasteiger partial charge in [-0.15, -0.1) is 11.3 Å². The molecule has 0 unspecified atom stereocenters. The quantitative estimate of drug-likeness (QED) is 0.845. The monoisotopic (exact) mass is 373 g/mol. The second kappa shape index (κ2) is 8.80. The lowest BCUT2D eigenvalue weighted by Crippen LogP contribution is -2.41. The Kier molecular flexibility index (Phi) is 6.22. The average Bonchev–Trinajstić information content (AvgIpc) is 3.07. The number of hydrogen-bond donors (Lipinski definition) is 1. The van der Waals surface area contributed by atoms with E-state index in [4.69, 9.17) is 4.74 Å². The first-order valence-corrected chi connectivity index (χ1v) is 9.68. The minimum Gasteiger partial charge on any atom is -0.493 e. The molecule has 26 heavy (non-hydrogen) atoms. The predicted octanol–water partition coefficient (Wildman–Crippen LogP) is 3.10. The fourth-order valence-electron chi connectivity index (χ4n) is 2.94. The van der Waals surface area contributed by atoms with Gasteiger partial charge >= 0.3 is 0 Å². The molecule has 3 rings (SSSR count). The third-order valence-electron chi connectivity index (χ3n) is 4.40. The van der Waals surface area contributed by atoms with Gasteiger partial charge in [0.15, 0.2) is 5.13 Å². The van der Waals surface area contributed by atoms with E-state index in [0.717, 1.165) is 11.4 Å². The topological polar surface area (TPSA) is 71.5 Å². The number of rotatable bonds is 6. The van der Waals surface area contributed by atoms with Gasteiger partial charge < -0.3 is 15.0 Å². The van der Waals surface area contributed by atoms with E-state index in [1.807, 2.05) is 47.5 Å². The molecule has 1 aromatic heterocycles. The number of carbonyl (C=O) groups is 2. The van der Waals surface area contributed by atoms with Crippen molar-refractivity contribution < 1.29 is 14.3 Å². The van der Waals surface area contributed by atoms with Gasteiger partial charge in [-0.1, -0.05) is 18.2 Å². The van der Waals surface area contributed by atoms with Crippen LogP contribution in [0.4, 0.5) is 5.13 Å². The van der Waals surface area contributed by atoms with Gasteiger partial charge in [-0.25, -0.2) is 4.98 Å². The second-order valence-corrected chi connectivity index (χ2v) is 7.21. The van der Waals surface area contributed by atoms with Crippen LogP contribution in [0, 0.1) is 12.8 Å². The number of likely N-dealkylation sites (tertiary alicyclic amines) is 1. The molecule has 1 aromatic carbocycles. The standard InChI is InChI=1S/C19H23N3O3S/c1-14-13-26-19(20-14)21-18(24)15-7-10-22(11-8-15)17(23)9-12-25-16-5-3-2-4-6-16/h2-6,13,15H,7-12H2,1H3,(H,20,21,24). The van der Waals surface area contributed by atoms with Crippen molar-refractivity contribution in [3.63, 3.8) is 0 Å². The smallest absolute Gasteiger partial charge is 0.229 e. The maximum Gasteiger partial charge on any atom is 0.229 e. The Morgan fingerprint density at radius 3 is 2.65 bits per heavy atom. The lowest BCUT2D eigenvalue weighted by Gasteiger charge is -2.31. The Labute approximate surface area is 157 Å². The van der Waals surface area contributed by atoms with Crippen molar-refractivity contribution in [3.8, 4) is 5.75 Å². The van der Waals surface area contributed by atoms with E-state index in [0.29, 0.717) is 44.1 Å². The van der Waals surface area contributed by atoms with Crippen molar-refractivity contribution in [1.29, 1.82) is 0 Å². The Balaban J connectivity index is 1.38. The number of piperidine rings is 1. The molecule has 2 heterocycles. The first-order valence-electron chi connectivity index (χ1n) is 8.80. The molecule has 0 aliphatic carbocycles. The molecule has 7 heteroatoms. The van der Waals surface area contributed by atoms with Crippen molar-refractivity contribution in [1.82, 2.24) is 9.88 Å². The number of thiazole rings is 1. The van der Waals surface area contributed by atoms with E-state index in [-0.39, 0.29) is 17.7 Å². The zero-order valence-corrected chi connectivity index (χ0v) is 15.6. The van der Waals surface area contributed by atoms with Gasteiger partial charge in [-0.2, -0.15) is 0 Å². The Morgan fingerprint density at radius 1 is 1.27 bits per heavy atom. The number of nitrogens with one attached hydrogen (secondary N) is 1. The van der Waals surface area contributed by atoms with Gasteiger partial charge in [0.2, 0.25) is 11.8 Å². The first kappa shape index (κ1) is 18.4. The zero-order chi connectivity index (χ0) is 18.4. The van der Waals surface area contributed by atoms with Crippen LogP contribution in [-0.2, 0) is 9.59 Å². The van der Waals surface area contributed by atoms with E-state index < -0.39 is 0 Å². The summed E-state index contributed by atoms with van der Waals surface area (Å²) >= 11 is 1.43. The summed E-state index contributed by atoms with van der Waals surface area (Å²) in [5.74, 6) is 0.783. The normalized spacial score (nSPS) is 14.9. The van der Waals surface area contributed by atoms with Gasteiger partial charge in [0.05, 0.1) is 18.7 Å². The van der Waals surface area contributed by atoms with Crippen LogP contribution in [0.15, 0.2) is 35.7 Å². The summed E-state index contributed by atoms with van der Waals surface area (Å²) in [6, 6.07) is 9.48. The molecule has 1 N–H and O–H groups in total. The minimum absolute atomic E-state index is 0.00106.